The van der Waals surface area contributed by atoms with Gasteiger partial charge in [0.25, 0.3) is 0 Å². The summed E-state index contributed by atoms with van der Waals surface area (Å²) in [6, 6.07) is 0. The number of aliphatic hydroxyl groups is 1. The van der Waals surface area contributed by atoms with Crippen LogP contribution < -0.4 is 0 Å². The summed E-state index contributed by atoms with van der Waals surface area (Å²) in [6.07, 6.45) is 2.58. The third kappa shape index (κ3) is 2.67. The van der Waals surface area contributed by atoms with Gasteiger partial charge in [0.05, 0.1) is 5.41 Å². The molecule has 126 valence electrons. The lowest BCUT2D eigenvalue weighted by Gasteiger charge is -2.45. The number of rotatable bonds is 3. The van der Waals surface area contributed by atoms with Crippen LogP contribution in [-0.4, -0.2) is 38.2 Å². The fourth-order valence-corrected chi connectivity index (χ4v) is 4.24. The molecule has 5 atom stereocenters. The summed E-state index contributed by atoms with van der Waals surface area (Å²) >= 11 is 0. The average molecular weight is 327 g/mol. The van der Waals surface area contributed by atoms with Crippen LogP contribution in [0.2, 0.25) is 18.1 Å². The molecule has 0 saturated carbocycles. The van der Waals surface area contributed by atoms with E-state index in [0.29, 0.717) is 6.61 Å². The third-order valence-corrected chi connectivity index (χ3v) is 10.6. The number of fused-ring (bicyclic) bond motifs is 1. The molecular formula is C17H30O4Si. The van der Waals surface area contributed by atoms with Gasteiger partial charge in [0, 0.05) is 6.61 Å². The Morgan fingerprint density at radius 3 is 2.50 bits per heavy atom. The van der Waals surface area contributed by atoms with E-state index in [1.165, 1.54) is 0 Å². The summed E-state index contributed by atoms with van der Waals surface area (Å²) in [5.41, 5.74) is -0.604. The van der Waals surface area contributed by atoms with E-state index < -0.39 is 25.8 Å². The summed E-state index contributed by atoms with van der Waals surface area (Å²) in [7, 11) is -1.87. The van der Waals surface area contributed by atoms with Crippen molar-refractivity contribution in [2.24, 2.45) is 17.3 Å². The second-order valence-corrected chi connectivity index (χ2v) is 13.4. The maximum atomic E-state index is 11.8. The van der Waals surface area contributed by atoms with Gasteiger partial charge in [0.15, 0.2) is 14.4 Å². The highest BCUT2D eigenvalue weighted by Crippen LogP contribution is 2.50. The molecule has 0 amide bonds. The monoisotopic (exact) mass is 326 g/mol. The fourth-order valence-electron chi connectivity index (χ4n) is 3.21. The molecular weight excluding hydrogens is 296 g/mol. The number of hydrogen-bond acceptors (Lipinski definition) is 4. The van der Waals surface area contributed by atoms with Crippen LogP contribution in [0, 0.1) is 17.3 Å². The molecule has 4 nitrogen and oxygen atoms in total. The zero-order valence-corrected chi connectivity index (χ0v) is 15.8. The summed E-state index contributed by atoms with van der Waals surface area (Å²) in [5, 5.41) is 10.5. The summed E-state index contributed by atoms with van der Waals surface area (Å²) in [6.45, 7) is 15.7. The molecule has 22 heavy (non-hydrogen) atoms. The number of carbonyl (C=O) groups excluding carboxylic acids is 1. The Balaban J connectivity index is 2.22. The molecule has 0 unspecified atom stereocenters. The number of carbonyl (C=O) groups is 1. The van der Waals surface area contributed by atoms with Gasteiger partial charge in [0.1, 0.15) is 6.10 Å². The Labute approximate surface area is 135 Å². The van der Waals surface area contributed by atoms with E-state index in [2.05, 4.69) is 46.9 Å². The first-order chi connectivity index (χ1) is 9.91. The van der Waals surface area contributed by atoms with E-state index in [-0.39, 0.29) is 23.0 Å². The first-order valence-corrected chi connectivity index (χ1v) is 11.0. The molecule has 0 aromatic rings. The first-order valence-electron chi connectivity index (χ1n) is 8.12. The highest BCUT2D eigenvalue weighted by atomic mass is 28.4. The van der Waals surface area contributed by atoms with Crippen molar-refractivity contribution in [1.82, 2.24) is 0 Å². The van der Waals surface area contributed by atoms with Gasteiger partial charge in [-0.1, -0.05) is 40.7 Å². The quantitative estimate of drug-likeness (QED) is 0.492. The van der Waals surface area contributed by atoms with Gasteiger partial charge in [-0.3, -0.25) is 0 Å². The van der Waals surface area contributed by atoms with Crippen molar-refractivity contribution >= 4 is 14.3 Å². The van der Waals surface area contributed by atoms with Crippen molar-refractivity contribution in [3.05, 3.63) is 12.2 Å². The van der Waals surface area contributed by atoms with Gasteiger partial charge < -0.3 is 14.3 Å². The van der Waals surface area contributed by atoms with Crippen molar-refractivity contribution in [2.75, 3.05) is 6.61 Å². The van der Waals surface area contributed by atoms with E-state index in [9.17, 15) is 9.90 Å². The first kappa shape index (κ1) is 17.7. The third-order valence-electron chi connectivity index (χ3n) is 6.12. The molecule has 1 aliphatic heterocycles. The van der Waals surface area contributed by atoms with E-state index in [1.54, 1.807) is 0 Å². The van der Waals surface area contributed by atoms with Crippen LogP contribution in [0.5, 0.6) is 0 Å². The van der Waals surface area contributed by atoms with E-state index in [0.717, 1.165) is 0 Å². The molecule has 0 spiro atoms. The van der Waals surface area contributed by atoms with Crippen LogP contribution in [0.15, 0.2) is 12.2 Å². The molecule has 0 bridgehead atoms. The summed E-state index contributed by atoms with van der Waals surface area (Å²) in [4.78, 5) is 11.8. The van der Waals surface area contributed by atoms with Gasteiger partial charge in [-0.2, -0.15) is 0 Å². The summed E-state index contributed by atoms with van der Waals surface area (Å²) < 4.78 is 11.7. The van der Waals surface area contributed by atoms with Gasteiger partial charge in [-0.25, -0.2) is 4.79 Å². The van der Waals surface area contributed by atoms with Crippen LogP contribution in [0.3, 0.4) is 0 Å². The average Bonchev–Trinajstić information content (AvgIpc) is 2.60. The lowest BCUT2D eigenvalue weighted by Crippen LogP contribution is -2.51. The van der Waals surface area contributed by atoms with Crippen LogP contribution in [0.25, 0.3) is 0 Å². The smallest absolute Gasteiger partial charge is 0.336 e. The fraction of sp³-hybridized carbons (Fsp3) is 0.824. The molecule has 1 N–H and O–H groups in total. The molecule has 0 radical (unpaired) electrons. The minimum atomic E-state index is -1.87. The summed E-state index contributed by atoms with van der Waals surface area (Å²) in [5.74, 6) is -0.197. The van der Waals surface area contributed by atoms with E-state index in [4.69, 9.17) is 9.16 Å². The Bertz CT molecular complexity index is 480. The molecule has 0 aromatic carbocycles. The minimum Gasteiger partial charge on any atom is -0.455 e. The van der Waals surface area contributed by atoms with Gasteiger partial charge in [-0.15, -0.1) is 0 Å². The second kappa shape index (κ2) is 5.46. The largest absolute Gasteiger partial charge is 0.455 e. The van der Waals surface area contributed by atoms with Crippen molar-refractivity contribution < 1.29 is 19.1 Å². The standard InChI is InChI=1S/C17H30O4Si/c1-11-8-9-13-17(5,14(18)15(19)21-13)12(11)10-20-22(6,7)16(2,3)4/h8-9,11-14,18H,10H2,1-7H3/t11-,12+,13+,14+,17-/m1/s1. The predicted molar refractivity (Wildman–Crippen MR) is 88.9 cm³/mol. The normalized spacial score (nSPS) is 38.8. The molecule has 1 fully saturated rings. The predicted octanol–water partition coefficient (Wildman–Crippen LogP) is 3.12. The maximum absolute atomic E-state index is 11.8. The number of ether oxygens (including phenoxy) is 1. The highest BCUT2D eigenvalue weighted by molar-refractivity contribution is 6.74. The van der Waals surface area contributed by atoms with Crippen LogP contribution in [0.1, 0.15) is 34.6 Å². The number of esters is 1. The van der Waals surface area contributed by atoms with Gasteiger partial charge >= 0.3 is 5.97 Å². The molecule has 2 aliphatic rings. The van der Waals surface area contributed by atoms with Gasteiger partial charge in [0.2, 0.25) is 0 Å². The minimum absolute atomic E-state index is 0.0677. The number of hydrogen-bond donors (Lipinski definition) is 1. The van der Waals surface area contributed by atoms with Crippen molar-refractivity contribution in [3.63, 3.8) is 0 Å². The Kier molecular flexibility index (Phi) is 4.39. The molecule has 1 heterocycles. The van der Waals surface area contributed by atoms with Gasteiger partial charge in [-0.05, 0) is 36.0 Å². The Morgan fingerprint density at radius 1 is 1.36 bits per heavy atom. The Hall–Kier alpha value is -0.653. The van der Waals surface area contributed by atoms with E-state index >= 15 is 0 Å². The van der Waals surface area contributed by atoms with Crippen LogP contribution in [0.4, 0.5) is 0 Å². The molecule has 1 aliphatic carbocycles. The zero-order valence-electron chi connectivity index (χ0n) is 14.8. The maximum Gasteiger partial charge on any atom is 0.336 e. The van der Waals surface area contributed by atoms with E-state index in [1.807, 2.05) is 13.0 Å². The highest BCUT2D eigenvalue weighted by Gasteiger charge is 2.59. The Morgan fingerprint density at radius 2 is 1.95 bits per heavy atom. The molecule has 1 saturated heterocycles. The zero-order chi connectivity index (χ0) is 16.9. The topological polar surface area (TPSA) is 55.8 Å². The lowest BCUT2D eigenvalue weighted by molar-refractivity contribution is -0.146. The number of aliphatic hydroxyl groups excluding tert-OH is 1. The molecule has 5 heteroatoms. The lowest BCUT2D eigenvalue weighted by atomic mass is 9.63. The van der Waals surface area contributed by atoms with Crippen molar-refractivity contribution in [2.45, 2.75) is 65.0 Å². The molecule has 0 aromatic heterocycles. The molecule has 2 rings (SSSR count). The van der Waals surface area contributed by atoms with Crippen LogP contribution >= 0.6 is 0 Å². The van der Waals surface area contributed by atoms with Crippen molar-refractivity contribution in [3.8, 4) is 0 Å². The van der Waals surface area contributed by atoms with Crippen LogP contribution in [-0.2, 0) is 14.0 Å². The second-order valence-electron chi connectivity index (χ2n) is 8.55. The van der Waals surface area contributed by atoms with Crippen molar-refractivity contribution in [1.29, 1.82) is 0 Å². The number of allylic oxidation sites excluding steroid dienone is 1. The SMILES string of the molecule is C[C@@H]1C=C[C@@H]2OC(=O)[C@H](O)[C@]2(C)[C@H]1CO[Si](C)(C)C(C)(C)C.